The Morgan fingerprint density at radius 3 is 2.50 bits per heavy atom. The zero-order chi connectivity index (χ0) is 21.3. The molecule has 3 aromatic rings. The number of amides is 1. The van der Waals surface area contributed by atoms with Crippen molar-refractivity contribution in [3.8, 4) is 5.75 Å². The van der Waals surface area contributed by atoms with Gasteiger partial charge in [-0.25, -0.2) is 17.8 Å². The monoisotopic (exact) mass is 449 g/mol. The Kier molecular flexibility index (Phi) is 5.61. The normalized spacial score (nSPS) is 14.9. The van der Waals surface area contributed by atoms with Crippen LogP contribution in [0.3, 0.4) is 0 Å². The smallest absolute Gasteiger partial charge is 0.260 e. The fourth-order valence-electron chi connectivity index (χ4n) is 3.26. The molecule has 0 atom stereocenters. The van der Waals surface area contributed by atoms with Gasteiger partial charge in [0.25, 0.3) is 5.91 Å². The predicted octanol–water partition coefficient (Wildman–Crippen LogP) is 2.57. The minimum absolute atomic E-state index is 0.107. The summed E-state index contributed by atoms with van der Waals surface area (Å²) in [5.41, 5.74) is 0.492. The van der Waals surface area contributed by atoms with Crippen LogP contribution in [0.4, 0.5) is 9.52 Å². The van der Waals surface area contributed by atoms with Gasteiger partial charge in [0.05, 0.1) is 9.60 Å². The third-order valence-electron chi connectivity index (χ3n) is 4.85. The summed E-state index contributed by atoms with van der Waals surface area (Å²) in [7, 11) is -3.36. The fraction of sp³-hybridized carbons (Fsp3) is 0.300. The van der Waals surface area contributed by atoms with Gasteiger partial charge in [-0.05, 0) is 36.4 Å². The maximum absolute atomic E-state index is 12.9. The number of aromatic nitrogens is 1. The van der Waals surface area contributed by atoms with Crippen molar-refractivity contribution in [1.82, 2.24) is 9.88 Å². The molecule has 0 aliphatic carbocycles. The number of hydrogen-bond acceptors (Lipinski definition) is 7. The van der Waals surface area contributed by atoms with Crippen molar-refractivity contribution in [3.05, 3.63) is 48.3 Å². The number of halogens is 1. The number of ether oxygens (including phenoxy) is 1. The second kappa shape index (κ2) is 8.19. The maximum atomic E-state index is 12.9. The number of sulfone groups is 1. The molecule has 1 aromatic heterocycles. The average molecular weight is 450 g/mol. The number of rotatable bonds is 5. The highest BCUT2D eigenvalue weighted by Crippen LogP contribution is 2.33. The van der Waals surface area contributed by atoms with E-state index in [1.54, 1.807) is 17.0 Å². The second-order valence-corrected chi connectivity index (χ2v) is 9.98. The number of anilines is 1. The van der Waals surface area contributed by atoms with Crippen molar-refractivity contribution in [2.45, 2.75) is 4.90 Å². The zero-order valence-electron chi connectivity index (χ0n) is 16.2. The highest BCUT2D eigenvalue weighted by molar-refractivity contribution is 7.91. The van der Waals surface area contributed by atoms with Crippen LogP contribution in [0.5, 0.6) is 5.75 Å². The molecule has 2 heterocycles. The van der Waals surface area contributed by atoms with Crippen molar-refractivity contribution in [2.24, 2.45) is 0 Å². The lowest BCUT2D eigenvalue weighted by molar-refractivity contribution is -0.133. The van der Waals surface area contributed by atoms with Gasteiger partial charge >= 0.3 is 0 Å². The van der Waals surface area contributed by atoms with Crippen LogP contribution in [-0.4, -0.2) is 63.3 Å². The number of para-hydroxylation sites is 1. The number of thiazole rings is 1. The standard InChI is InChI=1S/C20H20FN3O4S2/c1-30(26,27)17-4-2-3-16-19(17)22-20(29-16)24-11-9-23(10-12-24)18(25)13-28-15-7-5-14(21)6-8-15/h2-8H,9-13H2,1H3. The van der Waals surface area contributed by atoms with E-state index < -0.39 is 9.84 Å². The Hall–Kier alpha value is -2.72. The van der Waals surface area contributed by atoms with E-state index in [0.717, 1.165) is 9.83 Å². The summed E-state index contributed by atoms with van der Waals surface area (Å²) in [5.74, 6) is -0.0505. The Morgan fingerprint density at radius 1 is 1.13 bits per heavy atom. The molecule has 7 nitrogen and oxygen atoms in total. The third-order valence-corrected chi connectivity index (χ3v) is 7.06. The molecule has 2 aromatic carbocycles. The molecule has 0 saturated carbocycles. The van der Waals surface area contributed by atoms with Gasteiger partial charge in [0.15, 0.2) is 21.6 Å². The topological polar surface area (TPSA) is 79.8 Å². The molecule has 0 spiro atoms. The molecule has 0 unspecified atom stereocenters. The Balaban J connectivity index is 1.38. The lowest BCUT2D eigenvalue weighted by atomic mass is 10.3. The van der Waals surface area contributed by atoms with Gasteiger partial charge in [-0.15, -0.1) is 0 Å². The summed E-state index contributed by atoms with van der Waals surface area (Å²) in [4.78, 5) is 21.0. The summed E-state index contributed by atoms with van der Waals surface area (Å²) < 4.78 is 43.2. The van der Waals surface area contributed by atoms with E-state index >= 15 is 0 Å². The minimum atomic E-state index is -3.36. The summed E-state index contributed by atoms with van der Waals surface area (Å²) in [6.45, 7) is 2.11. The predicted molar refractivity (Wildman–Crippen MR) is 113 cm³/mol. The van der Waals surface area contributed by atoms with Gasteiger partial charge in [0, 0.05) is 32.4 Å². The Morgan fingerprint density at radius 2 is 1.83 bits per heavy atom. The number of fused-ring (bicyclic) bond motifs is 1. The lowest BCUT2D eigenvalue weighted by Crippen LogP contribution is -2.50. The summed E-state index contributed by atoms with van der Waals surface area (Å²) >= 11 is 1.44. The number of piperazine rings is 1. The molecule has 4 rings (SSSR count). The van der Waals surface area contributed by atoms with E-state index in [9.17, 15) is 17.6 Å². The molecule has 1 aliphatic rings. The van der Waals surface area contributed by atoms with Crippen molar-refractivity contribution >= 4 is 42.4 Å². The van der Waals surface area contributed by atoms with E-state index in [1.807, 2.05) is 6.07 Å². The lowest BCUT2D eigenvalue weighted by Gasteiger charge is -2.34. The van der Waals surface area contributed by atoms with Crippen molar-refractivity contribution in [1.29, 1.82) is 0 Å². The van der Waals surface area contributed by atoms with E-state index in [4.69, 9.17) is 4.74 Å². The van der Waals surface area contributed by atoms with E-state index in [2.05, 4.69) is 9.88 Å². The quantitative estimate of drug-likeness (QED) is 0.596. The van der Waals surface area contributed by atoms with Crippen LogP contribution in [0.25, 0.3) is 10.2 Å². The largest absolute Gasteiger partial charge is 0.484 e. The number of carbonyl (C=O) groups is 1. The summed E-state index contributed by atoms with van der Waals surface area (Å²) in [6.07, 6.45) is 1.18. The Labute approximate surface area is 177 Å². The number of benzene rings is 2. The highest BCUT2D eigenvalue weighted by Gasteiger charge is 2.24. The van der Waals surface area contributed by atoms with Crippen molar-refractivity contribution in [3.63, 3.8) is 0 Å². The molecule has 1 saturated heterocycles. The first-order valence-electron chi connectivity index (χ1n) is 9.32. The van der Waals surface area contributed by atoms with Crippen LogP contribution in [0.1, 0.15) is 0 Å². The van der Waals surface area contributed by atoms with Gasteiger partial charge in [-0.1, -0.05) is 17.4 Å². The first-order chi connectivity index (χ1) is 14.3. The van der Waals surface area contributed by atoms with Gasteiger partial charge in [-0.2, -0.15) is 0 Å². The van der Waals surface area contributed by atoms with Crippen LogP contribution in [0.15, 0.2) is 47.4 Å². The van der Waals surface area contributed by atoms with Gasteiger partial charge in [0.2, 0.25) is 0 Å². The van der Waals surface area contributed by atoms with Crippen LogP contribution in [-0.2, 0) is 14.6 Å². The van der Waals surface area contributed by atoms with Gasteiger partial charge < -0.3 is 14.5 Å². The van der Waals surface area contributed by atoms with Crippen molar-refractivity contribution < 1.29 is 22.3 Å². The first-order valence-corrected chi connectivity index (χ1v) is 12.0. The van der Waals surface area contributed by atoms with E-state index in [-0.39, 0.29) is 23.2 Å². The summed E-state index contributed by atoms with van der Waals surface area (Å²) in [5, 5.41) is 0.746. The van der Waals surface area contributed by atoms with Crippen LogP contribution < -0.4 is 9.64 Å². The van der Waals surface area contributed by atoms with Gasteiger partial charge in [-0.3, -0.25) is 4.79 Å². The number of nitrogens with zero attached hydrogens (tertiary/aromatic N) is 3. The Bertz CT molecular complexity index is 1170. The maximum Gasteiger partial charge on any atom is 0.260 e. The van der Waals surface area contributed by atoms with E-state index in [1.165, 1.54) is 41.9 Å². The minimum Gasteiger partial charge on any atom is -0.484 e. The fourth-order valence-corrected chi connectivity index (χ4v) is 5.20. The van der Waals surface area contributed by atoms with Crippen LogP contribution in [0.2, 0.25) is 0 Å². The molecule has 158 valence electrons. The molecule has 0 N–H and O–H groups in total. The second-order valence-electron chi connectivity index (χ2n) is 6.98. The molecule has 1 fully saturated rings. The summed E-state index contributed by atoms with van der Waals surface area (Å²) in [6, 6.07) is 10.7. The molecule has 0 radical (unpaired) electrons. The molecule has 10 heteroatoms. The zero-order valence-corrected chi connectivity index (χ0v) is 17.9. The molecule has 0 bridgehead atoms. The molecule has 30 heavy (non-hydrogen) atoms. The average Bonchev–Trinajstić information content (AvgIpc) is 3.17. The van der Waals surface area contributed by atoms with Crippen LogP contribution in [0, 0.1) is 5.82 Å². The first kappa shape index (κ1) is 20.5. The highest BCUT2D eigenvalue weighted by atomic mass is 32.2. The number of hydrogen-bond donors (Lipinski definition) is 0. The van der Waals surface area contributed by atoms with E-state index in [0.29, 0.717) is 37.4 Å². The molecular formula is C20H20FN3O4S2. The molecule has 1 aliphatic heterocycles. The van der Waals surface area contributed by atoms with Crippen molar-refractivity contribution in [2.75, 3.05) is 43.9 Å². The third kappa shape index (κ3) is 4.39. The van der Waals surface area contributed by atoms with Gasteiger partial charge in [0.1, 0.15) is 17.1 Å². The molecular weight excluding hydrogens is 429 g/mol. The molecule has 1 amide bonds. The van der Waals surface area contributed by atoms with Crippen LogP contribution >= 0.6 is 11.3 Å². The number of carbonyl (C=O) groups excluding carboxylic acids is 1. The SMILES string of the molecule is CS(=O)(=O)c1cccc2sc(N3CCN(C(=O)COc4ccc(F)cc4)CC3)nc12.